The van der Waals surface area contributed by atoms with Crippen molar-refractivity contribution >= 4 is 5.97 Å². The lowest BCUT2D eigenvalue weighted by Crippen LogP contribution is -2.60. The third-order valence-electron chi connectivity index (χ3n) is 13.3. The molecular weight excluding hydrogens is 708 g/mol. The summed E-state index contributed by atoms with van der Waals surface area (Å²) in [5, 5.41) is 45.8. The Balaban J connectivity index is 1.23. The summed E-state index contributed by atoms with van der Waals surface area (Å²) in [4.78, 5) is 14.2. The first-order chi connectivity index (χ1) is 26.1. The molecule has 1 spiro atoms. The first kappa shape index (κ1) is 40.7. The fourth-order valence-corrected chi connectivity index (χ4v) is 9.38. The second kappa shape index (κ2) is 16.0. The number of esters is 1. The van der Waals surface area contributed by atoms with Crippen molar-refractivity contribution in [3.63, 3.8) is 0 Å². The van der Waals surface area contributed by atoms with Gasteiger partial charge in [0.15, 0.2) is 18.0 Å². The number of carbonyl (C=O) groups is 1. The van der Waals surface area contributed by atoms with Crippen LogP contribution in [0.15, 0.2) is 72.9 Å². The number of carbonyl (C=O) groups excluding carboxylic acids is 1. The number of aliphatic hydroxyl groups excluding tert-OH is 3. The molecular formula is C43H60O12. The van der Waals surface area contributed by atoms with Crippen molar-refractivity contribution in [1.82, 2.24) is 0 Å². The van der Waals surface area contributed by atoms with Crippen molar-refractivity contribution < 1.29 is 58.4 Å². The highest BCUT2D eigenvalue weighted by Crippen LogP contribution is 2.49. The van der Waals surface area contributed by atoms with Crippen LogP contribution in [-0.4, -0.2) is 118 Å². The maximum Gasteiger partial charge on any atom is 0.340 e. The molecule has 12 nitrogen and oxygen atoms in total. The van der Waals surface area contributed by atoms with E-state index in [2.05, 4.69) is 32.4 Å². The van der Waals surface area contributed by atoms with Gasteiger partial charge in [0, 0.05) is 12.3 Å². The lowest BCUT2D eigenvalue weighted by atomic mass is 9.78. The van der Waals surface area contributed by atoms with Crippen LogP contribution in [0, 0.1) is 17.8 Å². The normalized spacial score (nSPS) is 49.3. The molecule has 0 radical (unpaired) electrons. The number of aliphatic hydroxyl groups is 4. The number of rotatable bonds is 1. The van der Waals surface area contributed by atoms with E-state index in [0.29, 0.717) is 61.7 Å². The highest BCUT2D eigenvalue weighted by Gasteiger charge is 2.55. The predicted octanol–water partition coefficient (Wildman–Crippen LogP) is 4.27. The van der Waals surface area contributed by atoms with Gasteiger partial charge in [0.25, 0.3) is 0 Å². The Labute approximate surface area is 324 Å². The summed E-state index contributed by atoms with van der Waals surface area (Å²) in [6.07, 6.45) is 1.50. The molecule has 0 aromatic heterocycles. The molecule has 0 aromatic rings. The SMILES string of the molecule is C=C1C[C@H](O)[C@@H]2OC1C(=O)O[C@H]([C@]1(O)OCC[C@H](C)[C@H]1C)/C=C/C[C@@H](O)[C@H](O)C(=C)C1CC[C@H](O1)[C@H]1C=CC[C@H](O1)[C@@H]1CCC(=C)[C@@]3(C[C@@H](C)C(=C)[C@H]2O3)O1. The van der Waals surface area contributed by atoms with Crippen LogP contribution in [-0.2, 0) is 38.0 Å². The van der Waals surface area contributed by atoms with Gasteiger partial charge in [-0.05, 0) is 91.6 Å². The average Bonchev–Trinajstić information content (AvgIpc) is 3.66. The summed E-state index contributed by atoms with van der Waals surface area (Å²) in [7, 11) is 0. The van der Waals surface area contributed by atoms with Crippen LogP contribution < -0.4 is 0 Å². The second-order valence-corrected chi connectivity index (χ2v) is 17.0. The van der Waals surface area contributed by atoms with Crippen LogP contribution >= 0.6 is 0 Å². The molecule has 55 heavy (non-hydrogen) atoms. The lowest BCUT2D eigenvalue weighted by molar-refractivity contribution is -0.317. The molecule has 5 fully saturated rings. The minimum atomic E-state index is -1.91. The van der Waals surface area contributed by atoms with Crippen molar-refractivity contribution in [3.05, 3.63) is 72.9 Å². The first-order valence-corrected chi connectivity index (χ1v) is 20.1. The van der Waals surface area contributed by atoms with Gasteiger partial charge in [-0.2, -0.15) is 0 Å². The molecule has 0 aromatic carbocycles. The van der Waals surface area contributed by atoms with Crippen molar-refractivity contribution in [3.8, 4) is 0 Å². The number of fused-ring (bicyclic) bond motifs is 11. The summed E-state index contributed by atoms with van der Waals surface area (Å²) in [5.41, 5.74) is 2.12. The summed E-state index contributed by atoms with van der Waals surface area (Å²) in [5.74, 6) is -4.48. The van der Waals surface area contributed by atoms with Gasteiger partial charge in [-0.3, -0.25) is 0 Å². The summed E-state index contributed by atoms with van der Waals surface area (Å²) in [6.45, 7) is 23.0. The van der Waals surface area contributed by atoms with E-state index < -0.39 is 72.3 Å². The van der Waals surface area contributed by atoms with E-state index >= 15 is 0 Å². The van der Waals surface area contributed by atoms with Crippen LogP contribution in [0.2, 0.25) is 0 Å². The highest BCUT2D eigenvalue weighted by molar-refractivity contribution is 5.79. The minimum absolute atomic E-state index is 0.0277. The first-order valence-electron chi connectivity index (χ1n) is 20.1. The number of ether oxygens (including phenoxy) is 7. The zero-order valence-corrected chi connectivity index (χ0v) is 32.4. The number of hydrogen-bond acceptors (Lipinski definition) is 12. The lowest BCUT2D eigenvalue weighted by Gasteiger charge is -2.53. The van der Waals surface area contributed by atoms with Gasteiger partial charge < -0.3 is 53.6 Å². The maximum atomic E-state index is 14.2. The molecule has 5 saturated heterocycles. The minimum Gasteiger partial charge on any atom is -0.450 e. The van der Waals surface area contributed by atoms with Crippen LogP contribution in [0.3, 0.4) is 0 Å². The average molecular weight is 769 g/mol. The van der Waals surface area contributed by atoms with E-state index in [1.807, 2.05) is 26.8 Å². The Hall–Kier alpha value is -2.49. The van der Waals surface area contributed by atoms with Gasteiger partial charge in [-0.15, -0.1) is 0 Å². The third kappa shape index (κ3) is 7.77. The Morgan fingerprint density at radius 3 is 2.36 bits per heavy atom. The molecule has 0 saturated carbocycles. The van der Waals surface area contributed by atoms with Crippen molar-refractivity contribution in [1.29, 1.82) is 0 Å². The largest absolute Gasteiger partial charge is 0.450 e. The van der Waals surface area contributed by atoms with Crippen molar-refractivity contribution in [2.45, 2.75) is 163 Å². The fourth-order valence-electron chi connectivity index (χ4n) is 9.38. The van der Waals surface area contributed by atoms with Gasteiger partial charge >= 0.3 is 5.97 Å². The molecule has 7 aliphatic rings. The molecule has 304 valence electrons. The summed E-state index contributed by atoms with van der Waals surface area (Å²) >= 11 is 0. The van der Waals surface area contributed by atoms with E-state index in [4.69, 9.17) is 33.2 Å². The van der Waals surface area contributed by atoms with E-state index in [1.54, 1.807) is 6.08 Å². The molecule has 0 aliphatic carbocycles. The van der Waals surface area contributed by atoms with E-state index in [0.717, 1.165) is 5.57 Å². The Morgan fingerprint density at radius 2 is 1.58 bits per heavy atom. The fraction of sp³-hybridized carbons (Fsp3) is 0.698. The standard InChI is InChI=1S/C43H60O12/c1-22-18-19-49-43(48,28(22)7)36-13-8-10-29(44)37(46)27(6)31-16-17-34(50-31)32-11-9-12-33(51-32)35-15-14-25(4)42(54-35)21-24(3)26(5)39(55-42)40-30(45)20-23(2)38(53-40)41(47)52-36/h8-9,11,13,22,24,28-40,44-46,48H,2,4-6,10,12,14-21H2,1,3,7H3/b13-8+/t22-,24+,28+,29+,30-,31?,32+,33-,34-,35-,36-,37+,38?,39+,40-,42-,43+/m0/s1. The van der Waals surface area contributed by atoms with Crippen LogP contribution in [0.1, 0.15) is 78.6 Å². The van der Waals surface area contributed by atoms with Crippen LogP contribution in [0.25, 0.3) is 0 Å². The van der Waals surface area contributed by atoms with Crippen LogP contribution in [0.5, 0.6) is 0 Å². The van der Waals surface area contributed by atoms with Crippen molar-refractivity contribution in [2.24, 2.45) is 17.8 Å². The molecule has 7 rings (SSSR count). The zero-order valence-electron chi connectivity index (χ0n) is 32.4. The van der Waals surface area contributed by atoms with Gasteiger partial charge in [0.05, 0.1) is 43.2 Å². The van der Waals surface area contributed by atoms with E-state index in [-0.39, 0.29) is 55.7 Å². The van der Waals surface area contributed by atoms with Gasteiger partial charge in [-0.25, -0.2) is 4.79 Å². The Kier molecular flexibility index (Phi) is 11.9. The topological polar surface area (TPSA) is 163 Å². The second-order valence-electron chi connectivity index (χ2n) is 17.0. The Bertz CT molecular complexity index is 1570. The third-order valence-corrected chi connectivity index (χ3v) is 13.3. The van der Waals surface area contributed by atoms with Crippen LogP contribution in [0.4, 0.5) is 0 Å². The quantitative estimate of drug-likeness (QED) is 0.171. The molecule has 2 unspecified atom stereocenters. The molecule has 7 aliphatic heterocycles. The zero-order chi connectivity index (χ0) is 39.4. The maximum absolute atomic E-state index is 14.2. The Morgan fingerprint density at radius 1 is 0.818 bits per heavy atom. The van der Waals surface area contributed by atoms with Gasteiger partial charge in [-0.1, -0.05) is 65.3 Å². The number of hydrogen-bond donors (Lipinski definition) is 4. The van der Waals surface area contributed by atoms with Crippen molar-refractivity contribution in [2.75, 3.05) is 6.61 Å². The monoisotopic (exact) mass is 768 g/mol. The number of cyclic esters (lactones) is 1. The molecule has 4 N–H and O–H groups in total. The summed E-state index contributed by atoms with van der Waals surface area (Å²) < 4.78 is 45.2. The predicted molar refractivity (Wildman–Crippen MR) is 201 cm³/mol. The molecule has 0 amide bonds. The molecule has 7 heterocycles. The highest BCUT2D eigenvalue weighted by atomic mass is 16.7. The molecule has 9 bridgehead atoms. The van der Waals surface area contributed by atoms with E-state index in [1.165, 1.54) is 6.08 Å². The van der Waals surface area contributed by atoms with Gasteiger partial charge in [0.2, 0.25) is 5.79 Å². The van der Waals surface area contributed by atoms with E-state index in [9.17, 15) is 25.2 Å². The molecule has 12 heteroatoms. The smallest absolute Gasteiger partial charge is 0.340 e. The molecule has 17 atom stereocenters. The summed E-state index contributed by atoms with van der Waals surface area (Å²) in [6, 6.07) is 0. The van der Waals surface area contributed by atoms with Gasteiger partial charge in [0.1, 0.15) is 24.4 Å².